The Kier molecular flexibility index (Phi) is 4.97. The fraction of sp³-hybridized carbons (Fsp3) is 0.278. The topological polar surface area (TPSA) is 75.7 Å². The predicted molar refractivity (Wildman–Crippen MR) is 95.2 cm³/mol. The highest BCUT2D eigenvalue weighted by molar-refractivity contribution is 7.89. The Morgan fingerprint density at radius 2 is 2.00 bits per heavy atom. The standard InChI is InChI=1S/C18H19FN2O4S/c1-12-10-13(6-7-16(12)19)21-9-8-17(18(21)22)20-26(23,24)15-5-3-4-14(11-15)25-2/h3-7,10-11,17,20H,8-9H2,1-2H3/t17-/m0/s1. The molecule has 0 unspecified atom stereocenters. The Morgan fingerprint density at radius 1 is 1.23 bits per heavy atom. The molecular formula is C18H19FN2O4S. The molecule has 1 aliphatic heterocycles. The van der Waals surface area contributed by atoms with Crippen LogP contribution in [0.3, 0.4) is 0 Å². The summed E-state index contributed by atoms with van der Waals surface area (Å²) < 4.78 is 46.0. The van der Waals surface area contributed by atoms with E-state index in [0.717, 1.165) is 0 Å². The van der Waals surface area contributed by atoms with E-state index in [-0.39, 0.29) is 16.6 Å². The molecule has 6 nitrogen and oxygen atoms in total. The minimum atomic E-state index is -3.87. The van der Waals surface area contributed by atoms with Gasteiger partial charge in [-0.2, -0.15) is 4.72 Å². The van der Waals surface area contributed by atoms with Gasteiger partial charge >= 0.3 is 0 Å². The molecule has 3 rings (SSSR count). The van der Waals surface area contributed by atoms with Crippen LogP contribution in [0.4, 0.5) is 10.1 Å². The second-order valence-corrected chi connectivity index (χ2v) is 7.78. The zero-order valence-electron chi connectivity index (χ0n) is 14.4. The van der Waals surface area contributed by atoms with E-state index in [2.05, 4.69) is 4.72 Å². The van der Waals surface area contributed by atoms with Crippen molar-refractivity contribution >= 4 is 21.6 Å². The molecule has 0 aliphatic carbocycles. The number of carbonyl (C=O) groups is 1. The molecule has 138 valence electrons. The van der Waals surface area contributed by atoms with E-state index in [1.807, 2.05) is 0 Å². The molecule has 26 heavy (non-hydrogen) atoms. The first-order valence-corrected chi connectivity index (χ1v) is 9.54. The molecule has 2 aromatic rings. The van der Waals surface area contributed by atoms with E-state index in [0.29, 0.717) is 30.0 Å². The lowest BCUT2D eigenvalue weighted by molar-refractivity contribution is -0.118. The second-order valence-electron chi connectivity index (χ2n) is 6.06. The number of methoxy groups -OCH3 is 1. The third-order valence-electron chi connectivity index (χ3n) is 4.31. The monoisotopic (exact) mass is 378 g/mol. The molecule has 1 atom stereocenters. The van der Waals surface area contributed by atoms with Gasteiger partial charge in [0.15, 0.2) is 0 Å². The maximum atomic E-state index is 13.4. The number of hydrogen-bond acceptors (Lipinski definition) is 4. The van der Waals surface area contributed by atoms with Crippen LogP contribution in [0.2, 0.25) is 0 Å². The Balaban J connectivity index is 1.78. The number of amides is 1. The van der Waals surface area contributed by atoms with Crippen molar-refractivity contribution in [1.82, 2.24) is 4.72 Å². The van der Waals surface area contributed by atoms with Gasteiger partial charge in [-0.15, -0.1) is 0 Å². The van der Waals surface area contributed by atoms with Crippen LogP contribution < -0.4 is 14.4 Å². The number of ether oxygens (including phenoxy) is 1. The third-order valence-corrected chi connectivity index (χ3v) is 5.78. The minimum Gasteiger partial charge on any atom is -0.497 e. The first kappa shape index (κ1) is 18.3. The summed E-state index contributed by atoms with van der Waals surface area (Å²) in [5.74, 6) is -0.299. The Hall–Kier alpha value is -2.45. The van der Waals surface area contributed by atoms with Crippen LogP contribution >= 0.6 is 0 Å². The fourth-order valence-corrected chi connectivity index (χ4v) is 4.12. The highest BCUT2D eigenvalue weighted by atomic mass is 32.2. The number of rotatable bonds is 5. The molecule has 0 bridgehead atoms. The summed E-state index contributed by atoms with van der Waals surface area (Å²) in [6.07, 6.45) is 0.332. The van der Waals surface area contributed by atoms with Gasteiger partial charge in [0, 0.05) is 18.3 Å². The maximum Gasteiger partial charge on any atom is 0.245 e. The van der Waals surface area contributed by atoms with Crippen LogP contribution in [0.5, 0.6) is 5.75 Å². The van der Waals surface area contributed by atoms with E-state index in [1.54, 1.807) is 25.1 Å². The molecule has 1 fully saturated rings. The molecule has 0 saturated carbocycles. The Bertz CT molecular complexity index is 946. The van der Waals surface area contributed by atoms with Gasteiger partial charge < -0.3 is 9.64 Å². The number of aryl methyl sites for hydroxylation is 1. The summed E-state index contributed by atoms with van der Waals surface area (Å²) in [5, 5.41) is 0. The zero-order chi connectivity index (χ0) is 18.9. The molecule has 0 radical (unpaired) electrons. The number of anilines is 1. The number of hydrogen-bond donors (Lipinski definition) is 1. The van der Waals surface area contributed by atoms with Gasteiger partial charge in [-0.05, 0) is 49.2 Å². The zero-order valence-corrected chi connectivity index (χ0v) is 15.2. The van der Waals surface area contributed by atoms with Gasteiger partial charge in [-0.25, -0.2) is 12.8 Å². The highest BCUT2D eigenvalue weighted by Crippen LogP contribution is 2.25. The number of benzene rings is 2. The van der Waals surface area contributed by atoms with E-state index < -0.39 is 16.1 Å². The van der Waals surface area contributed by atoms with Gasteiger partial charge in [-0.3, -0.25) is 4.79 Å². The van der Waals surface area contributed by atoms with Gasteiger partial charge in [0.05, 0.1) is 12.0 Å². The average Bonchev–Trinajstić information content (AvgIpc) is 2.97. The first-order valence-electron chi connectivity index (χ1n) is 8.06. The molecule has 1 saturated heterocycles. The number of halogens is 1. The van der Waals surface area contributed by atoms with Crippen molar-refractivity contribution in [3.63, 3.8) is 0 Å². The van der Waals surface area contributed by atoms with Crippen molar-refractivity contribution in [2.24, 2.45) is 0 Å². The first-order chi connectivity index (χ1) is 12.3. The normalized spacial score (nSPS) is 17.6. The van der Waals surface area contributed by atoms with E-state index in [4.69, 9.17) is 4.74 Å². The predicted octanol–water partition coefficient (Wildman–Crippen LogP) is 2.23. The van der Waals surface area contributed by atoms with Crippen LogP contribution in [-0.2, 0) is 14.8 Å². The van der Waals surface area contributed by atoms with Crippen molar-refractivity contribution < 1.29 is 22.3 Å². The fourth-order valence-electron chi connectivity index (χ4n) is 2.87. The highest BCUT2D eigenvalue weighted by Gasteiger charge is 2.35. The van der Waals surface area contributed by atoms with Crippen molar-refractivity contribution in [1.29, 1.82) is 0 Å². The molecule has 0 aromatic heterocycles. The average molecular weight is 378 g/mol. The number of sulfonamides is 1. The summed E-state index contributed by atoms with van der Waals surface area (Å²) >= 11 is 0. The molecule has 8 heteroatoms. The van der Waals surface area contributed by atoms with E-state index in [1.165, 1.54) is 36.3 Å². The largest absolute Gasteiger partial charge is 0.497 e. The lowest BCUT2D eigenvalue weighted by Gasteiger charge is -2.18. The lowest BCUT2D eigenvalue weighted by Crippen LogP contribution is -2.41. The van der Waals surface area contributed by atoms with Crippen molar-refractivity contribution in [3.05, 3.63) is 53.8 Å². The van der Waals surface area contributed by atoms with Crippen molar-refractivity contribution in [3.8, 4) is 5.75 Å². The maximum absolute atomic E-state index is 13.4. The summed E-state index contributed by atoms with van der Waals surface area (Å²) in [6, 6.07) is 9.55. The third kappa shape index (κ3) is 3.56. The smallest absolute Gasteiger partial charge is 0.245 e. The summed E-state index contributed by atoms with van der Waals surface area (Å²) in [6.45, 7) is 1.97. The molecule has 1 heterocycles. The molecule has 1 N–H and O–H groups in total. The van der Waals surface area contributed by atoms with Crippen molar-refractivity contribution in [2.45, 2.75) is 24.3 Å². The Morgan fingerprint density at radius 3 is 2.69 bits per heavy atom. The lowest BCUT2D eigenvalue weighted by atomic mass is 10.2. The molecule has 1 aliphatic rings. The molecular weight excluding hydrogens is 359 g/mol. The number of nitrogens with zero attached hydrogens (tertiary/aromatic N) is 1. The van der Waals surface area contributed by atoms with Gasteiger partial charge in [0.25, 0.3) is 0 Å². The second kappa shape index (κ2) is 7.05. The van der Waals surface area contributed by atoms with Crippen molar-refractivity contribution in [2.75, 3.05) is 18.6 Å². The summed E-state index contributed by atoms with van der Waals surface area (Å²) in [7, 11) is -2.42. The number of nitrogens with one attached hydrogen (secondary N) is 1. The number of carbonyl (C=O) groups excluding carboxylic acids is 1. The van der Waals surface area contributed by atoms with Crippen LogP contribution in [0.1, 0.15) is 12.0 Å². The van der Waals surface area contributed by atoms with Gasteiger partial charge in [-0.1, -0.05) is 6.07 Å². The molecule has 0 spiro atoms. The van der Waals surface area contributed by atoms with Gasteiger partial charge in [0.1, 0.15) is 17.6 Å². The van der Waals surface area contributed by atoms with Crippen LogP contribution in [-0.4, -0.2) is 34.0 Å². The minimum absolute atomic E-state index is 0.0285. The summed E-state index contributed by atoms with van der Waals surface area (Å²) in [4.78, 5) is 14.1. The SMILES string of the molecule is COc1cccc(S(=O)(=O)N[C@H]2CCN(c3ccc(F)c(C)c3)C2=O)c1. The Labute approximate surface area is 151 Å². The molecule has 2 aromatic carbocycles. The quantitative estimate of drug-likeness (QED) is 0.866. The van der Waals surface area contributed by atoms with E-state index in [9.17, 15) is 17.6 Å². The summed E-state index contributed by atoms with van der Waals surface area (Å²) in [5.41, 5.74) is 0.979. The van der Waals surface area contributed by atoms with E-state index >= 15 is 0 Å². The van der Waals surface area contributed by atoms with Crippen LogP contribution in [0, 0.1) is 12.7 Å². The van der Waals surface area contributed by atoms with Crippen LogP contribution in [0.15, 0.2) is 47.4 Å². The van der Waals surface area contributed by atoms with Crippen LogP contribution in [0.25, 0.3) is 0 Å². The molecule has 1 amide bonds. The van der Waals surface area contributed by atoms with Gasteiger partial charge in [0.2, 0.25) is 15.9 Å².